The summed E-state index contributed by atoms with van der Waals surface area (Å²) in [6.07, 6.45) is 1.60. The number of aryl methyl sites for hydroxylation is 2. The minimum atomic E-state index is -0.780. The third kappa shape index (κ3) is 3.33. The van der Waals surface area contributed by atoms with E-state index in [1.54, 1.807) is 6.07 Å². The molecule has 1 aromatic heterocycles. The summed E-state index contributed by atoms with van der Waals surface area (Å²) in [6, 6.07) is 20.1. The van der Waals surface area contributed by atoms with Crippen LogP contribution in [0.3, 0.4) is 0 Å². The van der Waals surface area contributed by atoms with Crippen molar-refractivity contribution >= 4 is 34.0 Å². The third-order valence-corrected chi connectivity index (χ3v) is 7.25. The lowest BCUT2D eigenvalue weighted by Crippen LogP contribution is -2.29. The molecule has 6 nitrogen and oxygen atoms in total. The lowest BCUT2D eigenvalue weighted by Gasteiger charge is -2.26. The minimum Gasteiger partial charge on any atom is -0.507 e. The monoisotopic (exact) mass is 478 g/mol. The molecule has 0 bridgehead atoms. The zero-order valence-corrected chi connectivity index (χ0v) is 20.2. The zero-order chi connectivity index (χ0) is 25.0. The molecule has 2 aliphatic heterocycles. The summed E-state index contributed by atoms with van der Waals surface area (Å²) in [5, 5.41) is 12.5. The van der Waals surface area contributed by atoms with Gasteiger partial charge >= 0.3 is 0 Å². The summed E-state index contributed by atoms with van der Waals surface area (Å²) >= 11 is 0. The highest BCUT2D eigenvalue weighted by Gasteiger charge is 2.48. The highest BCUT2D eigenvalue weighted by molar-refractivity contribution is 6.52. The van der Waals surface area contributed by atoms with Crippen LogP contribution in [-0.2, 0) is 22.4 Å². The van der Waals surface area contributed by atoms with Crippen LogP contribution in [-0.4, -0.2) is 28.4 Å². The third-order valence-electron chi connectivity index (χ3n) is 7.25. The molecule has 1 fully saturated rings. The summed E-state index contributed by atoms with van der Waals surface area (Å²) in [5.74, 6) is -0.740. The molecule has 0 radical (unpaired) electrons. The number of rotatable bonds is 4. The molecule has 4 aromatic rings. The number of aliphatic hydroxyl groups excluding tert-OH is 1. The van der Waals surface area contributed by atoms with Gasteiger partial charge in [-0.2, -0.15) is 0 Å². The highest BCUT2D eigenvalue weighted by atomic mass is 16.5. The van der Waals surface area contributed by atoms with Crippen molar-refractivity contribution in [1.29, 1.82) is 0 Å². The first kappa shape index (κ1) is 22.2. The minimum absolute atomic E-state index is 0.0892. The first-order valence-electron chi connectivity index (χ1n) is 12.2. The summed E-state index contributed by atoms with van der Waals surface area (Å²) in [6.45, 7) is 4.59. The van der Waals surface area contributed by atoms with Crippen molar-refractivity contribution in [3.05, 3.63) is 100 Å². The van der Waals surface area contributed by atoms with Gasteiger partial charge in [-0.1, -0.05) is 37.3 Å². The average molecular weight is 479 g/mol. The van der Waals surface area contributed by atoms with E-state index in [-0.39, 0.29) is 11.3 Å². The number of benzene rings is 3. The molecule has 1 amide bonds. The van der Waals surface area contributed by atoms with Gasteiger partial charge in [-0.05, 0) is 60.9 Å². The van der Waals surface area contributed by atoms with Gasteiger partial charge in [-0.25, -0.2) is 0 Å². The largest absolute Gasteiger partial charge is 0.507 e. The second kappa shape index (κ2) is 8.41. The summed E-state index contributed by atoms with van der Waals surface area (Å²) < 4.78 is 5.60. The molecule has 6 heteroatoms. The number of Topliss-reactive ketones (excluding diaryl/α,β-unsaturated/α-hetero) is 1. The Kier molecular flexibility index (Phi) is 5.18. The van der Waals surface area contributed by atoms with Crippen LogP contribution in [0.1, 0.15) is 40.9 Å². The van der Waals surface area contributed by atoms with E-state index in [0.717, 1.165) is 51.9 Å². The number of ketones is 1. The number of para-hydroxylation sites is 1. The molecule has 6 rings (SSSR count). The molecule has 1 unspecified atom stereocenters. The Morgan fingerprint density at radius 2 is 1.86 bits per heavy atom. The van der Waals surface area contributed by atoms with Crippen molar-refractivity contribution in [1.82, 2.24) is 4.98 Å². The molecule has 0 saturated carbocycles. The molecule has 180 valence electrons. The quantitative estimate of drug-likeness (QED) is 0.227. The number of anilines is 1. The van der Waals surface area contributed by atoms with E-state index in [4.69, 9.17) is 4.74 Å². The number of aromatic nitrogens is 1. The maximum absolute atomic E-state index is 13.6. The second-order valence-corrected chi connectivity index (χ2v) is 9.32. The fourth-order valence-corrected chi connectivity index (χ4v) is 5.40. The number of H-pyrrole nitrogens is 1. The van der Waals surface area contributed by atoms with Gasteiger partial charge in [0.15, 0.2) is 0 Å². The number of carbonyl (C=O) groups is 2. The Balaban J connectivity index is 1.60. The Labute approximate surface area is 208 Å². The van der Waals surface area contributed by atoms with Crippen LogP contribution < -0.4 is 9.64 Å². The van der Waals surface area contributed by atoms with Crippen LogP contribution >= 0.6 is 0 Å². The van der Waals surface area contributed by atoms with Crippen LogP contribution in [0, 0.1) is 6.92 Å². The van der Waals surface area contributed by atoms with Gasteiger partial charge in [0.1, 0.15) is 11.5 Å². The lowest BCUT2D eigenvalue weighted by molar-refractivity contribution is -0.132. The van der Waals surface area contributed by atoms with Crippen molar-refractivity contribution in [2.24, 2.45) is 0 Å². The van der Waals surface area contributed by atoms with E-state index >= 15 is 0 Å². The van der Waals surface area contributed by atoms with E-state index < -0.39 is 17.7 Å². The number of hydrogen-bond acceptors (Lipinski definition) is 4. The normalized spacial score (nSPS) is 18.6. The Hall–Kier alpha value is -4.32. The number of nitrogens with one attached hydrogen (secondary N) is 1. The predicted molar refractivity (Wildman–Crippen MR) is 139 cm³/mol. The molecule has 3 aromatic carbocycles. The van der Waals surface area contributed by atoms with Gasteiger partial charge in [-0.15, -0.1) is 0 Å². The summed E-state index contributed by atoms with van der Waals surface area (Å²) in [4.78, 5) is 32.0. The summed E-state index contributed by atoms with van der Waals surface area (Å²) in [7, 11) is 0. The van der Waals surface area contributed by atoms with Gasteiger partial charge < -0.3 is 14.8 Å². The van der Waals surface area contributed by atoms with Crippen LogP contribution in [0.5, 0.6) is 5.75 Å². The van der Waals surface area contributed by atoms with Crippen molar-refractivity contribution in [2.75, 3.05) is 11.5 Å². The first-order chi connectivity index (χ1) is 17.5. The van der Waals surface area contributed by atoms with Crippen molar-refractivity contribution in [2.45, 2.75) is 32.7 Å². The van der Waals surface area contributed by atoms with Gasteiger partial charge in [0.25, 0.3) is 11.7 Å². The number of carbonyl (C=O) groups excluding carboxylic acids is 2. The van der Waals surface area contributed by atoms with Crippen molar-refractivity contribution in [3.63, 3.8) is 0 Å². The number of aromatic amines is 1. The standard InChI is InChI=1S/C30H26N2O4/c1-3-18-8-11-21(12-9-18)32-27(25-17(2)31-23-7-5-4-6-22(23)25)26(29(34)30(32)35)28(33)20-10-13-24-19(16-20)14-15-36-24/h4-13,16,27,31,33H,3,14-15H2,1-2H3/b28-26+. The van der Waals surface area contributed by atoms with Gasteiger partial charge in [-0.3, -0.25) is 14.5 Å². The molecule has 1 atom stereocenters. The van der Waals surface area contributed by atoms with Crippen molar-refractivity contribution < 1.29 is 19.4 Å². The Bertz CT molecular complexity index is 1560. The van der Waals surface area contributed by atoms with Crippen LogP contribution in [0.25, 0.3) is 16.7 Å². The SMILES string of the molecule is CCc1ccc(N2C(=O)C(=O)/C(=C(/O)c3ccc4c(c3)CCO4)C2c2c(C)[nH]c3ccccc23)cc1. The van der Waals surface area contributed by atoms with Gasteiger partial charge in [0, 0.05) is 39.8 Å². The molecular weight excluding hydrogens is 452 g/mol. The number of hydrogen-bond donors (Lipinski definition) is 2. The van der Waals surface area contributed by atoms with Gasteiger partial charge in [0.05, 0.1) is 18.2 Å². The average Bonchev–Trinajstić information content (AvgIpc) is 3.57. The summed E-state index contributed by atoms with van der Waals surface area (Å²) in [5.41, 5.74) is 5.87. The number of amides is 1. The van der Waals surface area contributed by atoms with Crippen LogP contribution in [0.2, 0.25) is 0 Å². The van der Waals surface area contributed by atoms with E-state index in [1.807, 2.05) is 67.6 Å². The van der Waals surface area contributed by atoms with Crippen LogP contribution in [0.4, 0.5) is 5.69 Å². The molecule has 1 saturated heterocycles. The number of ether oxygens (including phenoxy) is 1. The van der Waals surface area contributed by atoms with E-state index in [9.17, 15) is 14.7 Å². The molecule has 2 aliphatic rings. The Morgan fingerprint density at radius 1 is 1.08 bits per heavy atom. The van der Waals surface area contributed by atoms with E-state index in [0.29, 0.717) is 17.9 Å². The molecule has 0 aliphatic carbocycles. The zero-order valence-electron chi connectivity index (χ0n) is 20.2. The molecule has 0 spiro atoms. The first-order valence-corrected chi connectivity index (χ1v) is 12.2. The van der Waals surface area contributed by atoms with Crippen molar-refractivity contribution in [3.8, 4) is 5.75 Å². The maximum Gasteiger partial charge on any atom is 0.300 e. The van der Waals surface area contributed by atoms with E-state index in [2.05, 4.69) is 11.9 Å². The van der Waals surface area contributed by atoms with Crippen LogP contribution in [0.15, 0.2) is 72.3 Å². The molecule has 2 N–H and O–H groups in total. The van der Waals surface area contributed by atoms with E-state index in [1.165, 1.54) is 4.90 Å². The Morgan fingerprint density at radius 3 is 2.64 bits per heavy atom. The van der Waals surface area contributed by atoms with Gasteiger partial charge in [0.2, 0.25) is 0 Å². The predicted octanol–water partition coefficient (Wildman–Crippen LogP) is 5.60. The maximum atomic E-state index is 13.6. The fraction of sp³-hybridized carbons (Fsp3) is 0.200. The number of nitrogens with zero attached hydrogens (tertiary/aromatic N) is 1. The molecule has 36 heavy (non-hydrogen) atoms. The highest BCUT2D eigenvalue weighted by Crippen LogP contribution is 2.45. The second-order valence-electron chi connectivity index (χ2n) is 9.32. The number of aliphatic hydroxyl groups is 1. The number of fused-ring (bicyclic) bond motifs is 2. The smallest absolute Gasteiger partial charge is 0.300 e. The fourth-order valence-electron chi connectivity index (χ4n) is 5.40. The molecular formula is C30H26N2O4. The lowest BCUT2D eigenvalue weighted by atomic mass is 9.92. The molecule has 3 heterocycles. The topological polar surface area (TPSA) is 82.6 Å².